The van der Waals surface area contributed by atoms with Crippen LogP contribution in [0.15, 0.2) is 0 Å². The normalized spacial score (nSPS) is 23.6. The molecule has 1 fully saturated rings. The summed E-state index contributed by atoms with van der Waals surface area (Å²) < 4.78 is 5.14. The maximum atomic E-state index is 5.14. The molecule has 0 aromatic carbocycles. The van der Waals surface area contributed by atoms with Crippen LogP contribution in [0.1, 0.15) is 33.6 Å². The lowest BCUT2D eigenvalue weighted by atomic mass is 9.96. The molecule has 1 N–H and O–H groups in total. The molecule has 1 heterocycles. The van der Waals surface area contributed by atoms with Gasteiger partial charge < -0.3 is 15.0 Å². The fraction of sp³-hybridized carbons (Fsp3) is 1.00. The molecule has 1 unspecified atom stereocenters. The first-order valence-electron chi connectivity index (χ1n) is 6.47. The summed E-state index contributed by atoms with van der Waals surface area (Å²) in [5.74, 6) is 0.810. The molecule has 1 saturated heterocycles. The van der Waals surface area contributed by atoms with Crippen molar-refractivity contribution in [2.24, 2.45) is 5.92 Å². The van der Waals surface area contributed by atoms with Crippen LogP contribution in [0.2, 0.25) is 0 Å². The van der Waals surface area contributed by atoms with Crippen molar-refractivity contribution in [3.05, 3.63) is 0 Å². The van der Waals surface area contributed by atoms with Gasteiger partial charge in [0.25, 0.3) is 0 Å². The first kappa shape index (κ1) is 13.9. The Bertz CT molecular complexity index is 189. The molecular weight excluding hydrogens is 200 g/mol. The molecule has 0 aromatic rings. The topological polar surface area (TPSA) is 24.5 Å². The highest BCUT2D eigenvalue weighted by Gasteiger charge is 2.20. The standard InChI is InChI=1S/C13H28N2O/c1-13(2,3)14-10-12-6-5-7-15(11-12)8-9-16-4/h12,14H,5-11H2,1-4H3. The summed E-state index contributed by atoms with van der Waals surface area (Å²) in [5, 5.41) is 3.61. The maximum Gasteiger partial charge on any atom is 0.0589 e. The summed E-state index contributed by atoms with van der Waals surface area (Å²) in [4.78, 5) is 2.53. The van der Waals surface area contributed by atoms with Gasteiger partial charge in [-0.1, -0.05) is 0 Å². The molecule has 0 amide bonds. The zero-order chi connectivity index (χ0) is 12.0. The molecule has 1 atom stereocenters. The number of nitrogens with one attached hydrogen (secondary N) is 1. The lowest BCUT2D eigenvalue weighted by molar-refractivity contribution is 0.112. The van der Waals surface area contributed by atoms with Gasteiger partial charge in [0.1, 0.15) is 0 Å². The zero-order valence-corrected chi connectivity index (χ0v) is 11.4. The van der Waals surface area contributed by atoms with Crippen molar-refractivity contribution in [2.75, 3.05) is 39.9 Å². The summed E-state index contributed by atoms with van der Waals surface area (Å²) in [7, 11) is 1.78. The van der Waals surface area contributed by atoms with Crippen molar-refractivity contribution in [1.82, 2.24) is 10.2 Å². The molecule has 1 aliphatic heterocycles. The number of ether oxygens (including phenoxy) is 1. The van der Waals surface area contributed by atoms with Crippen LogP contribution in [0, 0.1) is 5.92 Å². The smallest absolute Gasteiger partial charge is 0.0589 e. The van der Waals surface area contributed by atoms with Gasteiger partial charge in [-0.05, 0) is 52.6 Å². The van der Waals surface area contributed by atoms with Gasteiger partial charge in [0, 0.05) is 25.7 Å². The largest absolute Gasteiger partial charge is 0.383 e. The SMILES string of the molecule is COCCN1CCCC(CNC(C)(C)C)C1. The Hall–Kier alpha value is -0.120. The molecule has 16 heavy (non-hydrogen) atoms. The molecule has 0 bridgehead atoms. The van der Waals surface area contributed by atoms with Crippen LogP contribution in [-0.2, 0) is 4.74 Å². The molecular formula is C13H28N2O. The van der Waals surface area contributed by atoms with E-state index in [0.717, 1.165) is 25.6 Å². The van der Waals surface area contributed by atoms with E-state index in [2.05, 4.69) is 31.0 Å². The summed E-state index contributed by atoms with van der Waals surface area (Å²) >= 11 is 0. The van der Waals surface area contributed by atoms with Crippen molar-refractivity contribution in [3.8, 4) is 0 Å². The van der Waals surface area contributed by atoms with Gasteiger partial charge in [-0.25, -0.2) is 0 Å². The lowest BCUT2D eigenvalue weighted by Crippen LogP contribution is -2.45. The number of methoxy groups -OCH3 is 1. The second kappa shape index (κ2) is 6.58. The van der Waals surface area contributed by atoms with Crippen LogP contribution in [0.3, 0.4) is 0 Å². The average molecular weight is 228 g/mol. The van der Waals surface area contributed by atoms with Crippen molar-refractivity contribution in [1.29, 1.82) is 0 Å². The van der Waals surface area contributed by atoms with Crippen LogP contribution < -0.4 is 5.32 Å². The number of rotatable bonds is 5. The van der Waals surface area contributed by atoms with E-state index in [9.17, 15) is 0 Å². The molecule has 0 spiro atoms. The Kier molecular flexibility index (Phi) is 5.73. The predicted molar refractivity (Wildman–Crippen MR) is 68.8 cm³/mol. The molecule has 1 aliphatic rings. The lowest BCUT2D eigenvalue weighted by Gasteiger charge is -2.34. The minimum Gasteiger partial charge on any atom is -0.383 e. The Morgan fingerprint density at radius 2 is 2.12 bits per heavy atom. The Labute approximate surface area is 101 Å². The highest BCUT2D eigenvalue weighted by molar-refractivity contribution is 4.78. The van der Waals surface area contributed by atoms with Crippen molar-refractivity contribution >= 4 is 0 Å². The quantitative estimate of drug-likeness (QED) is 0.775. The van der Waals surface area contributed by atoms with Crippen LogP contribution in [0.5, 0.6) is 0 Å². The van der Waals surface area contributed by atoms with Gasteiger partial charge in [-0.2, -0.15) is 0 Å². The van der Waals surface area contributed by atoms with Gasteiger partial charge in [-0.3, -0.25) is 0 Å². The fourth-order valence-corrected chi connectivity index (χ4v) is 2.19. The van der Waals surface area contributed by atoms with E-state index < -0.39 is 0 Å². The molecule has 96 valence electrons. The van der Waals surface area contributed by atoms with Gasteiger partial charge in [0.15, 0.2) is 0 Å². The second-order valence-electron chi connectivity index (χ2n) is 5.93. The van der Waals surface area contributed by atoms with E-state index in [1.807, 2.05) is 0 Å². The first-order valence-corrected chi connectivity index (χ1v) is 6.47. The summed E-state index contributed by atoms with van der Waals surface area (Å²) in [6, 6.07) is 0. The number of hydrogen-bond acceptors (Lipinski definition) is 3. The molecule has 3 nitrogen and oxygen atoms in total. The minimum atomic E-state index is 0.245. The van der Waals surface area contributed by atoms with Crippen LogP contribution in [0.25, 0.3) is 0 Å². The van der Waals surface area contributed by atoms with E-state index in [1.165, 1.54) is 25.9 Å². The number of hydrogen-bond donors (Lipinski definition) is 1. The van der Waals surface area contributed by atoms with Gasteiger partial charge in [0.2, 0.25) is 0 Å². The predicted octanol–water partition coefficient (Wildman–Crippen LogP) is 1.73. The summed E-state index contributed by atoms with van der Waals surface area (Å²) in [6.45, 7) is 12.3. The third-order valence-electron chi connectivity index (χ3n) is 3.14. The van der Waals surface area contributed by atoms with Crippen LogP contribution >= 0.6 is 0 Å². The zero-order valence-electron chi connectivity index (χ0n) is 11.4. The third-order valence-corrected chi connectivity index (χ3v) is 3.14. The number of piperidine rings is 1. The second-order valence-corrected chi connectivity index (χ2v) is 5.93. The summed E-state index contributed by atoms with van der Waals surface area (Å²) in [6.07, 6.45) is 2.70. The van der Waals surface area contributed by atoms with E-state index >= 15 is 0 Å². The monoisotopic (exact) mass is 228 g/mol. The van der Waals surface area contributed by atoms with Crippen molar-refractivity contribution in [3.63, 3.8) is 0 Å². The average Bonchev–Trinajstić information content (AvgIpc) is 2.23. The van der Waals surface area contributed by atoms with E-state index in [0.29, 0.717) is 0 Å². The van der Waals surface area contributed by atoms with E-state index in [1.54, 1.807) is 7.11 Å². The number of nitrogens with zero attached hydrogens (tertiary/aromatic N) is 1. The molecule has 0 radical (unpaired) electrons. The fourth-order valence-electron chi connectivity index (χ4n) is 2.19. The van der Waals surface area contributed by atoms with Crippen molar-refractivity contribution < 1.29 is 4.74 Å². The van der Waals surface area contributed by atoms with E-state index in [-0.39, 0.29) is 5.54 Å². The molecule has 0 aliphatic carbocycles. The van der Waals surface area contributed by atoms with Crippen molar-refractivity contribution in [2.45, 2.75) is 39.2 Å². The third kappa shape index (κ3) is 5.83. The highest BCUT2D eigenvalue weighted by atomic mass is 16.5. The molecule has 3 heteroatoms. The molecule has 0 saturated carbocycles. The highest BCUT2D eigenvalue weighted by Crippen LogP contribution is 2.16. The first-order chi connectivity index (χ1) is 7.51. The molecule has 1 rings (SSSR count). The van der Waals surface area contributed by atoms with Crippen LogP contribution in [0.4, 0.5) is 0 Å². The maximum absolute atomic E-state index is 5.14. The van der Waals surface area contributed by atoms with Gasteiger partial charge in [0.05, 0.1) is 6.61 Å². The number of likely N-dealkylation sites (tertiary alicyclic amines) is 1. The van der Waals surface area contributed by atoms with Crippen LogP contribution in [-0.4, -0.2) is 50.3 Å². The molecule has 0 aromatic heterocycles. The Balaban J connectivity index is 2.22. The Morgan fingerprint density at radius 3 is 2.75 bits per heavy atom. The minimum absolute atomic E-state index is 0.245. The Morgan fingerprint density at radius 1 is 1.38 bits per heavy atom. The van der Waals surface area contributed by atoms with E-state index in [4.69, 9.17) is 4.74 Å². The van der Waals surface area contributed by atoms with Gasteiger partial charge in [-0.15, -0.1) is 0 Å². The van der Waals surface area contributed by atoms with Gasteiger partial charge >= 0.3 is 0 Å². The summed E-state index contributed by atoms with van der Waals surface area (Å²) in [5.41, 5.74) is 0.245.